The zero-order valence-corrected chi connectivity index (χ0v) is 29.5. The quantitative estimate of drug-likeness (QED) is 0.210. The molecule has 0 saturated carbocycles. The molecule has 8 nitrogen and oxygen atoms in total. The van der Waals surface area contributed by atoms with E-state index in [1.54, 1.807) is 32.3 Å². The standard InChI is InChI=1S/C12H9Cl3N2O2.C10H3Cl4NO2.C6H5Cl2N/c1-16(2)10-9(15)11(18)17(12(10)19)6-3-4-7(13)8(14)5-6;11-5-2-1-4(3-6(5)12)15-9(16)7(13)8(14)10(15)17;7-5-2-1-4(9)3-6(5)8/h3-5H,1-2H3;1-3H;1-3H,9H2. The molecule has 0 aromatic heterocycles. The van der Waals surface area contributed by atoms with E-state index in [1.807, 2.05) is 0 Å². The molecule has 3 aromatic carbocycles. The van der Waals surface area contributed by atoms with Crippen LogP contribution in [0, 0.1) is 0 Å². The third kappa shape index (κ3) is 8.32. The van der Waals surface area contributed by atoms with E-state index < -0.39 is 23.6 Å². The fraction of sp³-hybridized carbons (Fsp3) is 0.0714. The fourth-order valence-corrected chi connectivity index (χ4v) is 5.14. The number of likely N-dealkylation sites (N-methyl/N-ethyl adjacent to an activating group) is 1. The molecule has 2 N–H and O–H groups in total. The number of nitrogens with two attached hydrogens (primary N) is 1. The molecule has 4 amide bonds. The molecule has 2 aliphatic rings. The Morgan fingerprint density at radius 3 is 1.18 bits per heavy atom. The van der Waals surface area contributed by atoms with Gasteiger partial charge >= 0.3 is 0 Å². The summed E-state index contributed by atoms with van der Waals surface area (Å²) in [5, 5.41) is 1.46. The molecule has 0 radical (unpaired) electrons. The fourth-order valence-electron chi connectivity index (χ4n) is 3.59. The van der Waals surface area contributed by atoms with Crippen molar-refractivity contribution < 1.29 is 19.2 Å². The lowest BCUT2D eigenvalue weighted by atomic mass is 10.3. The smallest absolute Gasteiger partial charge is 0.283 e. The Bertz CT molecular complexity index is 1770. The second-order valence-corrected chi connectivity index (χ2v) is 12.5. The van der Waals surface area contributed by atoms with E-state index in [0.29, 0.717) is 31.5 Å². The van der Waals surface area contributed by atoms with E-state index in [4.69, 9.17) is 110 Å². The maximum absolute atomic E-state index is 12.2. The Morgan fingerprint density at radius 2 is 0.844 bits per heavy atom. The largest absolute Gasteiger partial charge is 0.399 e. The number of hydrogen-bond acceptors (Lipinski definition) is 6. The Labute approximate surface area is 302 Å². The van der Waals surface area contributed by atoms with Crippen LogP contribution in [-0.4, -0.2) is 42.6 Å². The molecular formula is C28H17Cl9N4O4. The van der Waals surface area contributed by atoms with Crippen LogP contribution in [0.15, 0.2) is 75.4 Å². The van der Waals surface area contributed by atoms with Crippen molar-refractivity contribution in [3.05, 3.63) is 106 Å². The predicted octanol–water partition coefficient (Wildman–Crippen LogP) is 9.01. The zero-order valence-electron chi connectivity index (χ0n) is 22.6. The Morgan fingerprint density at radius 1 is 0.489 bits per heavy atom. The van der Waals surface area contributed by atoms with Crippen LogP contribution in [-0.2, 0) is 19.2 Å². The number of hydrogen-bond donors (Lipinski definition) is 1. The highest BCUT2D eigenvalue weighted by Gasteiger charge is 2.40. The average molecular weight is 793 g/mol. The van der Waals surface area contributed by atoms with Gasteiger partial charge in [0.15, 0.2) is 0 Å². The lowest BCUT2D eigenvalue weighted by Crippen LogP contribution is -2.33. The molecule has 17 heteroatoms. The van der Waals surface area contributed by atoms with Crippen LogP contribution in [0.2, 0.25) is 30.1 Å². The average Bonchev–Trinajstić information content (AvgIpc) is 3.32. The molecule has 0 spiro atoms. The molecule has 2 aliphatic heterocycles. The molecule has 3 aromatic rings. The van der Waals surface area contributed by atoms with Crippen molar-refractivity contribution in [2.75, 3.05) is 29.6 Å². The molecule has 0 bridgehead atoms. The van der Waals surface area contributed by atoms with Crippen molar-refractivity contribution in [2.24, 2.45) is 0 Å². The predicted molar refractivity (Wildman–Crippen MR) is 184 cm³/mol. The number of nitrogens with zero attached hydrogens (tertiary/aromatic N) is 3. The summed E-state index contributed by atoms with van der Waals surface area (Å²) < 4.78 is 0. The van der Waals surface area contributed by atoms with Crippen molar-refractivity contribution in [1.82, 2.24) is 4.90 Å². The van der Waals surface area contributed by atoms with Crippen LogP contribution < -0.4 is 15.5 Å². The molecule has 45 heavy (non-hydrogen) atoms. The summed E-state index contributed by atoms with van der Waals surface area (Å²) >= 11 is 51.5. The lowest BCUT2D eigenvalue weighted by molar-refractivity contribution is -0.122. The topological polar surface area (TPSA) is 104 Å². The van der Waals surface area contributed by atoms with Gasteiger partial charge in [-0.15, -0.1) is 0 Å². The van der Waals surface area contributed by atoms with Gasteiger partial charge < -0.3 is 10.6 Å². The summed E-state index contributed by atoms with van der Waals surface area (Å²) in [6.45, 7) is 0. The molecule has 0 unspecified atom stereocenters. The van der Waals surface area contributed by atoms with Gasteiger partial charge in [0.1, 0.15) is 20.8 Å². The first-order valence-electron chi connectivity index (χ1n) is 12.0. The van der Waals surface area contributed by atoms with Crippen LogP contribution in [0.5, 0.6) is 0 Å². The molecule has 236 valence electrons. The minimum absolute atomic E-state index is 0.110. The molecule has 0 aliphatic carbocycles. The third-order valence-corrected chi connectivity index (χ3v) is 9.05. The van der Waals surface area contributed by atoms with E-state index in [9.17, 15) is 19.2 Å². The minimum atomic E-state index is -0.681. The SMILES string of the molecule is CN(C)C1=C(Cl)C(=O)N(c2ccc(Cl)c(Cl)c2)C1=O.Nc1ccc(Cl)c(Cl)c1.O=C1C(Cl)=C(Cl)C(=O)N1c1ccc(Cl)c(Cl)c1. The molecule has 0 saturated heterocycles. The van der Waals surface area contributed by atoms with E-state index in [0.717, 1.165) is 9.80 Å². The Hall–Kier alpha value is -2.37. The second-order valence-electron chi connectivity index (χ2n) is 8.95. The first-order valence-corrected chi connectivity index (χ1v) is 15.4. The third-order valence-electron chi connectivity index (χ3n) is 5.69. The van der Waals surface area contributed by atoms with Gasteiger partial charge in [-0.1, -0.05) is 104 Å². The number of nitrogen functional groups attached to an aromatic ring is 1. The number of rotatable bonds is 3. The number of imide groups is 2. The summed E-state index contributed by atoms with van der Waals surface area (Å²) in [4.78, 5) is 50.9. The maximum Gasteiger partial charge on any atom is 0.283 e. The van der Waals surface area contributed by atoms with Gasteiger partial charge in [-0.25, -0.2) is 9.80 Å². The molecule has 2 heterocycles. The molecular weight excluding hydrogens is 775 g/mol. The van der Waals surface area contributed by atoms with Crippen molar-refractivity contribution in [3.63, 3.8) is 0 Å². The summed E-state index contributed by atoms with van der Waals surface area (Å²) in [5.74, 6) is -2.42. The first kappa shape index (κ1) is 37.1. The number of carbonyl (C=O) groups is 4. The summed E-state index contributed by atoms with van der Waals surface area (Å²) in [5.41, 5.74) is 6.76. The van der Waals surface area contributed by atoms with E-state index >= 15 is 0 Å². The van der Waals surface area contributed by atoms with Crippen molar-refractivity contribution in [1.29, 1.82) is 0 Å². The summed E-state index contributed by atoms with van der Waals surface area (Å²) in [7, 11) is 3.28. The zero-order chi connectivity index (χ0) is 33.9. The van der Waals surface area contributed by atoms with Crippen LogP contribution in [0.25, 0.3) is 0 Å². The van der Waals surface area contributed by atoms with Crippen molar-refractivity contribution >= 4 is 145 Å². The van der Waals surface area contributed by atoms with Gasteiger partial charge in [-0.05, 0) is 54.6 Å². The number of benzene rings is 3. The highest BCUT2D eigenvalue weighted by atomic mass is 35.5. The monoisotopic (exact) mass is 788 g/mol. The second kappa shape index (κ2) is 15.5. The molecule has 5 rings (SSSR count). The van der Waals surface area contributed by atoms with E-state index in [1.165, 1.54) is 41.3 Å². The number of anilines is 3. The van der Waals surface area contributed by atoms with Gasteiger partial charge in [0, 0.05) is 19.8 Å². The van der Waals surface area contributed by atoms with Crippen LogP contribution >= 0.6 is 104 Å². The van der Waals surface area contributed by atoms with Crippen LogP contribution in [0.3, 0.4) is 0 Å². The van der Waals surface area contributed by atoms with Crippen LogP contribution in [0.1, 0.15) is 0 Å². The van der Waals surface area contributed by atoms with E-state index in [2.05, 4.69) is 0 Å². The maximum atomic E-state index is 12.2. The normalized spacial score (nSPS) is 14.6. The van der Waals surface area contributed by atoms with E-state index in [-0.39, 0.29) is 36.5 Å². The summed E-state index contributed by atoms with van der Waals surface area (Å²) in [6.07, 6.45) is 0. The first-order chi connectivity index (χ1) is 21.0. The van der Waals surface area contributed by atoms with Gasteiger partial charge in [-0.2, -0.15) is 0 Å². The number of halogens is 9. The lowest BCUT2D eigenvalue weighted by Gasteiger charge is -2.17. The van der Waals surface area contributed by atoms with Gasteiger partial charge in [-0.3, -0.25) is 19.2 Å². The summed E-state index contributed by atoms with van der Waals surface area (Å²) in [6, 6.07) is 13.8. The highest BCUT2D eigenvalue weighted by molar-refractivity contribution is 6.62. The van der Waals surface area contributed by atoms with Crippen LogP contribution in [0.4, 0.5) is 17.1 Å². The van der Waals surface area contributed by atoms with Gasteiger partial charge in [0.05, 0.1) is 41.5 Å². The van der Waals surface area contributed by atoms with Crippen molar-refractivity contribution in [2.45, 2.75) is 0 Å². The highest BCUT2D eigenvalue weighted by Crippen LogP contribution is 2.35. The van der Waals surface area contributed by atoms with Crippen molar-refractivity contribution in [3.8, 4) is 0 Å². The Balaban J connectivity index is 0.000000195. The molecule has 0 fully saturated rings. The Kier molecular flexibility index (Phi) is 12.8. The van der Waals surface area contributed by atoms with Gasteiger partial charge in [0.25, 0.3) is 23.6 Å². The molecule has 0 atom stereocenters. The minimum Gasteiger partial charge on any atom is -0.399 e. The number of carbonyl (C=O) groups excluding carboxylic acids is 4. The number of amides is 4. The van der Waals surface area contributed by atoms with Gasteiger partial charge in [0.2, 0.25) is 0 Å².